The van der Waals surface area contributed by atoms with Gasteiger partial charge in [-0.15, -0.1) is 0 Å². The van der Waals surface area contributed by atoms with E-state index in [1.165, 1.54) is 0 Å². The summed E-state index contributed by atoms with van der Waals surface area (Å²) in [5, 5.41) is 3.27. The molecule has 2 aromatic rings. The maximum atomic E-state index is 5.66. The molecular weight excluding hydrogens is 306 g/mol. The monoisotopic (exact) mass is 329 g/mol. The summed E-state index contributed by atoms with van der Waals surface area (Å²) >= 11 is 5.44. The highest BCUT2D eigenvalue weighted by Gasteiger charge is 2.02. The van der Waals surface area contributed by atoms with E-state index in [4.69, 9.17) is 21.7 Å². The molecule has 0 fully saturated rings. The predicted octanol–water partition coefficient (Wildman–Crippen LogP) is 4.34. The molecule has 0 radical (unpaired) electrons. The summed E-state index contributed by atoms with van der Waals surface area (Å²) < 4.78 is 10.8. The summed E-state index contributed by atoms with van der Waals surface area (Å²) in [5.41, 5.74) is 2.16. The van der Waals surface area contributed by atoms with Gasteiger partial charge in [-0.2, -0.15) is 0 Å². The minimum Gasteiger partial charge on any atom is -0.497 e. The smallest absolute Gasteiger partial charge is 0.119 e. The first kappa shape index (κ1) is 17.3. The van der Waals surface area contributed by atoms with Crippen molar-refractivity contribution in [2.45, 2.75) is 26.3 Å². The van der Waals surface area contributed by atoms with E-state index in [2.05, 4.69) is 12.2 Å². The molecule has 2 aromatic carbocycles. The lowest BCUT2D eigenvalue weighted by Crippen LogP contribution is -2.21. The quantitative estimate of drug-likeness (QED) is 0.576. The lowest BCUT2D eigenvalue weighted by atomic mass is 10.2. The van der Waals surface area contributed by atoms with E-state index in [1.807, 2.05) is 48.5 Å². The van der Waals surface area contributed by atoms with Gasteiger partial charge in [0.1, 0.15) is 16.5 Å². The van der Waals surface area contributed by atoms with Gasteiger partial charge in [-0.3, -0.25) is 0 Å². The Labute approximate surface area is 143 Å². The van der Waals surface area contributed by atoms with E-state index >= 15 is 0 Å². The van der Waals surface area contributed by atoms with Gasteiger partial charge in [0.05, 0.1) is 13.7 Å². The topological polar surface area (TPSA) is 30.5 Å². The second-order valence-corrected chi connectivity index (χ2v) is 5.67. The molecule has 122 valence electrons. The van der Waals surface area contributed by atoms with Crippen molar-refractivity contribution in [3.8, 4) is 11.5 Å². The Morgan fingerprint density at radius 3 is 2.26 bits per heavy atom. The maximum Gasteiger partial charge on any atom is 0.119 e. The van der Waals surface area contributed by atoms with Gasteiger partial charge < -0.3 is 14.8 Å². The van der Waals surface area contributed by atoms with E-state index in [9.17, 15) is 0 Å². The number of thiocarbonyl (C=S) groups is 1. The Hall–Kier alpha value is -2.07. The molecule has 0 atom stereocenters. The fraction of sp³-hybridized carbons (Fsp3) is 0.316. The number of nitrogens with one attached hydrogen (secondary N) is 1. The molecule has 23 heavy (non-hydrogen) atoms. The molecule has 0 aliphatic rings. The van der Waals surface area contributed by atoms with E-state index in [1.54, 1.807) is 7.11 Å². The number of benzene rings is 2. The number of hydrogen-bond donors (Lipinski definition) is 1. The molecule has 0 aliphatic carbocycles. The van der Waals surface area contributed by atoms with Crippen LogP contribution in [0.5, 0.6) is 11.5 Å². The summed E-state index contributed by atoms with van der Waals surface area (Å²) in [5.74, 6) is 1.75. The van der Waals surface area contributed by atoms with Crippen LogP contribution in [0.2, 0.25) is 0 Å². The number of methoxy groups -OCH3 is 1. The molecule has 0 aliphatic heterocycles. The number of hydrogen-bond acceptors (Lipinski definition) is 3. The van der Waals surface area contributed by atoms with Crippen molar-refractivity contribution in [3.05, 3.63) is 59.7 Å². The van der Waals surface area contributed by atoms with E-state index in [-0.39, 0.29) is 0 Å². The zero-order chi connectivity index (χ0) is 16.5. The Balaban J connectivity index is 1.84. The Morgan fingerprint density at radius 2 is 1.65 bits per heavy atom. The van der Waals surface area contributed by atoms with Crippen molar-refractivity contribution in [1.82, 2.24) is 5.32 Å². The minimum absolute atomic E-state index is 0.692. The molecule has 0 heterocycles. The van der Waals surface area contributed by atoms with Crippen LogP contribution in [0.4, 0.5) is 0 Å². The Bertz CT molecular complexity index is 608. The molecule has 4 heteroatoms. The van der Waals surface area contributed by atoms with Gasteiger partial charge >= 0.3 is 0 Å². The average molecular weight is 329 g/mol. The van der Waals surface area contributed by atoms with Gasteiger partial charge in [-0.1, -0.05) is 37.7 Å². The zero-order valence-electron chi connectivity index (χ0n) is 13.7. The van der Waals surface area contributed by atoms with Crippen LogP contribution in [0.1, 0.15) is 30.9 Å². The normalized spacial score (nSPS) is 10.2. The van der Waals surface area contributed by atoms with E-state index < -0.39 is 0 Å². The minimum atomic E-state index is 0.692. The second-order valence-electron chi connectivity index (χ2n) is 5.26. The van der Waals surface area contributed by atoms with Gasteiger partial charge in [-0.05, 0) is 48.4 Å². The Morgan fingerprint density at radius 1 is 1.00 bits per heavy atom. The van der Waals surface area contributed by atoms with Gasteiger partial charge in [0.2, 0.25) is 0 Å². The summed E-state index contributed by atoms with van der Waals surface area (Å²) in [7, 11) is 1.66. The third-order valence-corrected chi connectivity index (χ3v) is 3.88. The van der Waals surface area contributed by atoms with Crippen LogP contribution in [-0.4, -0.2) is 18.7 Å². The highest BCUT2D eigenvalue weighted by Crippen LogP contribution is 2.14. The molecule has 0 bridgehead atoms. The number of rotatable bonds is 8. The van der Waals surface area contributed by atoms with Crippen molar-refractivity contribution >= 4 is 17.2 Å². The van der Waals surface area contributed by atoms with Crippen molar-refractivity contribution < 1.29 is 9.47 Å². The molecule has 0 amide bonds. The first-order valence-corrected chi connectivity index (χ1v) is 8.27. The van der Waals surface area contributed by atoms with Crippen molar-refractivity contribution in [2.75, 3.05) is 13.7 Å². The first-order valence-electron chi connectivity index (χ1n) is 7.87. The molecule has 0 unspecified atom stereocenters. The van der Waals surface area contributed by atoms with Crippen molar-refractivity contribution in [1.29, 1.82) is 0 Å². The maximum absolute atomic E-state index is 5.66. The third kappa shape index (κ3) is 5.57. The predicted molar refractivity (Wildman–Crippen MR) is 98.4 cm³/mol. The lowest BCUT2D eigenvalue weighted by Gasteiger charge is -2.10. The summed E-state index contributed by atoms with van der Waals surface area (Å²) in [6, 6.07) is 15.9. The van der Waals surface area contributed by atoms with E-state index in [0.29, 0.717) is 6.54 Å². The van der Waals surface area contributed by atoms with Gasteiger partial charge in [0.25, 0.3) is 0 Å². The highest BCUT2D eigenvalue weighted by atomic mass is 32.1. The van der Waals surface area contributed by atoms with Crippen LogP contribution >= 0.6 is 12.2 Å². The SMILES string of the molecule is CCCCOc1ccc(C(=S)NCc2ccc(OC)cc2)cc1. The standard InChI is InChI=1S/C19H23NO2S/c1-3-4-13-22-18-11-7-16(8-12-18)19(23)20-14-15-5-9-17(21-2)10-6-15/h5-12H,3-4,13-14H2,1-2H3,(H,20,23). The van der Waals surface area contributed by atoms with Crippen molar-refractivity contribution in [3.63, 3.8) is 0 Å². The van der Waals surface area contributed by atoms with Crippen LogP contribution in [0.15, 0.2) is 48.5 Å². The molecule has 3 nitrogen and oxygen atoms in total. The fourth-order valence-electron chi connectivity index (χ4n) is 2.06. The van der Waals surface area contributed by atoms with Crippen LogP contribution in [0, 0.1) is 0 Å². The molecule has 1 N–H and O–H groups in total. The molecule has 0 spiro atoms. The van der Waals surface area contributed by atoms with Crippen LogP contribution in [-0.2, 0) is 6.54 Å². The van der Waals surface area contributed by atoms with Crippen LogP contribution in [0.3, 0.4) is 0 Å². The summed E-state index contributed by atoms with van der Waals surface area (Å²) in [6.07, 6.45) is 2.21. The molecule has 0 aromatic heterocycles. The van der Waals surface area contributed by atoms with Gasteiger partial charge in [-0.25, -0.2) is 0 Å². The second kappa shape index (κ2) is 9.16. The molecule has 2 rings (SSSR count). The summed E-state index contributed by atoms with van der Waals surface area (Å²) in [4.78, 5) is 0.737. The molecular formula is C19H23NO2S. The van der Waals surface area contributed by atoms with Crippen molar-refractivity contribution in [2.24, 2.45) is 0 Å². The molecule has 0 saturated carbocycles. The summed E-state index contributed by atoms with van der Waals surface area (Å²) in [6.45, 7) is 3.60. The largest absolute Gasteiger partial charge is 0.497 e. The zero-order valence-corrected chi connectivity index (χ0v) is 14.5. The van der Waals surface area contributed by atoms with E-state index in [0.717, 1.165) is 47.1 Å². The van der Waals surface area contributed by atoms with Gasteiger partial charge in [0.15, 0.2) is 0 Å². The first-order chi connectivity index (χ1) is 11.2. The van der Waals surface area contributed by atoms with Gasteiger partial charge in [0, 0.05) is 12.1 Å². The molecule has 0 saturated heterocycles. The average Bonchev–Trinajstić information content (AvgIpc) is 2.61. The van der Waals surface area contributed by atoms with Crippen LogP contribution < -0.4 is 14.8 Å². The number of ether oxygens (including phenoxy) is 2. The third-order valence-electron chi connectivity index (χ3n) is 3.50. The fourth-order valence-corrected chi connectivity index (χ4v) is 2.27. The lowest BCUT2D eigenvalue weighted by molar-refractivity contribution is 0.309. The Kier molecular flexibility index (Phi) is 6.88. The number of unbranched alkanes of at least 4 members (excludes halogenated alkanes) is 1. The van der Waals surface area contributed by atoms with Crippen LogP contribution in [0.25, 0.3) is 0 Å². The highest BCUT2D eigenvalue weighted by molar-refractivity contribution is 7.80.